The standard InChI is InChI=1S/C14H15N3O3S/c1-19-11-4-2-10(3-5-11)12-6-7-13(17-16-12)21-9-8-20-14(15)18/h2-7H,8-9H2,1H3,(H2,15,18). The lowest BCUT2D eigenvalue weighted by Gasteiger charge is -2.04. The number of hydrogen-bond acceptors (Lipinski definition) is 6. The van der Waals surface area contributed by atoms with Crippen molar-refractivity contribution < 1.29 is 14.3 Å². The first kappa shape index (κ1) is 15.1. The Morgan fingerprint density at radius 3 is 2.52 bits per heavy atom. The topological polar surface area (TPSA) is 87.3 Å². The predicted molar refractivity (Wildman–Crippen MR) is 80.3 cm³/mol. The zero-order chi connectivity index (χ0) is 15.1. The van der Waals surface area contributed by atoms with E-state index in [4.69, 9.17) is 10.5 Å². The minimum Gasteiger partial charge on any atom is -0.497 e. The summed E-state index contributed by atoms with van der Waals surface area (Å²) in [6.07, 6.45) is -0.767. The van der Waals surface area contributed by atoms with E-state index in [1.807, 2.05) is 36.4 Å². The molecule has 7 heteroatoms. The molecule has 0 bridgehead atoms. The maximum atomic E-state index is 10.4. The number of hydrogen-bond donors (Lipinski definition) is 1. The third-order valence-electron chi connectivity index (χ3n) is 2.60. The van der Waals surface area contributed by atoms with Gasteiger partial charge in [-0.1, -0.05) is 0 Å². The zero-order valence-electron chi connectivity index (χ0n) is 11.5. The number of ether oxygens (including phenoxy) is 2. The number of amides is 1. The maximum Gasteiger partial charge on any atom is 0.404 e. The van der Waals surface area contributed by atoms with Gasteiger partial charge >= 0.3 is 6.09 Å². The van der Waals surface area contributed by atoms with Crippen molar-refractivity contribution in [2.45, 2.75) is 5.03 Å². The van der Waals surface area contributed by atoms with Gasteiger partial charge in [-0.15, -0.1) is 22.0 Å². The molecule has 1 aromatic heterocycles. The number of rotatable bonds is 6. The maximum absolute atomic E-state index is 10.4. The average molecular weight is 305 g/mol. The van der Waals surface area contributed by atoms with Crippen LogP contribution in [0.15, 0.2) is 41.4 Å². The van der Waals surface area contributed by atoms with Crippen LogP contribution in [0.2, 0.25) is 0 Å². The SMILES string of the molecule is COc1ccc(-c2ccc(SCCOC(N)=O)nn2)cc1. The number of nitrogens with zero attached hydrogens (tertiary/aromatic N) is 2. The van der Waals surface area contributed by atoms with Crippen LogP contribution < -0.4 is 10.5 Å². The van der Waals surface area contributed by atoms with Gasteiger partial charge in [-0.05, 0) is 36.4 Å². The van der Waals surface area contributed by atoms with Crippen molar-refractivity contribution in [1.29, 1.82) is 0 Å². The first-order valence-corrected chi connectivity index (χ1v) is 7.21. The highest BCUT2D eigenvalue weighted by Crippen LogP contribution is 2.22. The van der Waals surface area contributed by atoms with Gasteiger partial charge in [0.1, 0.15) is 17.4 Å². The Kier molecular flexibility index (Phi) is 5.39. The molecule has 0 fully saturated rings. The second kappa shape index (κ2) is 7.49. The smallest absolute Gasteiger partial charge is 0.404 e. The number of methoxy groups -OCH3 is 1. The van der Waals surface area contributed by atoms with Crippen molar-refractivity contribution in [1.82, 2.24) is 10.2 Å². The molecule has 2 N–H and O–H groups in total. The first-order chi connectivity index (χ1) is 10.2. The van der Waals surface area contributed by atoms with Crippen LogP contribution in [0, 0.1) is 0 Å². The van der Waals surface area contributed by atoms with Crippen LogP contribution in [0.5, 0.6) is 5.75 Å². The fourth-order valence-electron chi connectivity index (χ4n) is 1.60. The molecule has 2 rings (SSSR count). The fraction of sp³-hybridized carbons (Fsp3) is 0.214. The van der Waals surface area contributed by atoms with E-state index < -0.39 is 6.09 Å². The highest BCUT2D eigenvalue weighted by atomic mass is 32.2. The minimum atomic E-state index is -0.767. The van der Waals surface area contributed by atoms with E-state index in [1.165, 1.54) is 11.8 Å². The van der Waals surface area contributed by atoms with Crippen molar-refractivity contribution >= 4 is 17.9 Å². The molecule has 110 valence electrons. The van der Waals surface area contributed by atoms with Gasteiger partial charge in [0.15, 0.2) is 0 Å². The summed E-state index contributed by atoms with van der Waals surface area (Å²) in [5, 5.41) is 9.06. The molecule has 0 saturated heterocycles. The minimum absolute atomic E-state index is 0.252. The lowest BCUT2D eigenvalue weighted by Crippen LogP contribution is -2.14. The van der Waals surface area contributed by atoms with Crippen LogP contribution in [0.3, 0.4) is 0 Å². The van der Waals surface area contributed by atoms with Crippen molar-refractivity contribution in [3.8, 4) is 17.0 Å². The molecule has 0 aliphatic rings. The Morgan fingerprint density at radius 2 is 1.95 bits per heavy atom. The van der Waals surface area contributed by atoms with Crippen molar-refractivity contribution in [3.05, 3.63) is 36.4 Å². The Hall–Kier alpha value is -2.28. The molecule has 6 nitrogen and oxygen atoms in total. The first-order valence-electron chi connectivity index (χ1n) is 6.22. The number of primary amides is 1. The van der Waals surface area contributed by atoms with Gasteiger partial charge in [-0.3, -0.25) is 0 Å². The quantitative estimate of drug-likeness (QED) is 0.651. The lowest BCUT2D eigenvalue weighted by molar-refractivity contribution is 0.164. The molecule has 1 aromatic carbocycles. The van der Waals surface area contributed by atoms with E-state index >= 15 is 0 Å². The lowest BCUT2D eigenvalue weighted by atomic mass is 10.1. The summed E-state index contributed by atoms with van der Waals surface area (Å²) in [6, 6.07) is 11.4. The van der Waals surface area contributed by atoms with E-state index in [0.29, 0.717) is 5.75 Å². The Labute approximate surface area is 126 Å². The van der Waals surface area contributed by atoms with Crippen molar-refractivity contribution in [3.63, 3.8) is 0 Å². The predicted octanol–water partition coefficient (Wildman–Crippen LogP) is 2.34. The van der Waals surface area contributed by atoms with Gasteiger partial charge in [0.2, 0.25) is 0 Å². The molecule has 0 radical (unpaired) electrons. The number of nitrogens with two attached hydrogens (primary N) is 1. The van der Waals surface area contributed by atoms with Gasteiger partial charge in [-0.2, -0.15) is 0 Å². The molecule has 0 aliphatic heterocycles. The van der Waals surface area contributed by atoms with E-state index in [-0.39, 0.29) is 6.61 Å². The summed E-state index contributed by atoms with van der Waals surface area (Å²) in [6.45, 7) is 0.252. The fourth-order valence-corrected chi connectivity index (χ4v) is 2.24. The average Bonchev–Trinajstić information content (AvgIpc) is 2.52. The molecule has 0 atom stereocenters. The zero-order valence-corrected chi connectivity index (χ0v) is 12.3. The number of carbonyl (C=O) groups excluding carboxylic acids is 1. The summed E-state index contributed by atoms with van der Waals surface area (Å²) < 4.78 is 9.75. The second-order valence-corrected chi connectivity index (χ2v) is 5.12. The third kappa shape index (κ3) is 4.64. The van der Waals surface area contributed by atoms with Crippen LogP contribution in [-0.4, -0.2) is 35.8 Å². The van der Waals surface area contributed by atoms with Gasteiger partial charge < -0.3 is 15.2 Å². The Balaban J connectivity index is 1.93. The van der Waals surface area contributed by atoms with Crippen LogP contribution in [0.4, 0.5) is 4.79 Å². The number of carbonyl (C=O) groups is 1. The van der Waals surface area contributed by atoms with Crippen LogP contribution in [0.1, 0.15) is 0 Å². The highest BCUT2D eigenvalue weighted by molar-refractivity contribution is 7.99. The van der Waals surface area contributed by atoms with Crippen molar-refractivity contribution in [2.75, 3.05) is 19.5 Å². The summed E-state index contributed by atoms with van der Waals surface area (Å²) in [7, 11) is 1.63. The van der Waals surface area contributed by atoms with Gasteiger partial charge in [-0.25, -0.2) is 4.79 Å². The number of benzene rings is 1. The summed E-state index contributed by atoms with van der Waals surface area (Å²) in [4.78, 5) is 10.4. The molecular formula is C14H15N3O3S. The van der Waals surface area contributed by atoms with E-state index in [0.717, 1.165) is 22.0 Å². The van der Waals surface area contributed by atoms with Gasteiger partial charge in [0, 0.05) is 11.3 Å². The molecule has 0 spiro atoms. The summed E-state index contributed by atoms with van der Waals surface area (Å²) in [5.74, 6) is 1.38. The Morgan fingerprint density at radius 1 is 1.19 bits per heavy atom. The third-order valence-corrected chi connectivity index (χ3v) is 3.49. The molecule has 0 saturated carbocycles. The van der Waals surface area contributed by atoms with E-state index in [9.17, 15) is 4.79 Å². The Bertz CT molecular complexity index is 587. The van der Waals surface area contributed by atoms with E-state index in [2.05, 4.69) is 14.9 Å². The molecule has 2 aromatic rings. The highest BCUT2D eigenvalue weighted by Gasteiger charge is 2.03. The largest absolute Gasteiger partial charge is 0.497 e. The normalized spacial score (nSPS) is 10.1. The number of thioether (sulfide) groups is 1. The molecule has 0 aliphatic carbocycles. The molecule has 1 amide bonds. The van der Waals surface area contributed by atoms with E-state index in [1.54, 1.807) is 7.11 Å². The molecular weight excluding hydrogens is 290 g/mol. The number of aromatic nitrogens is 2. The molecule has 21 heavy (non-hydrogen) atoms. The van der Waals surface area contributed by atoms with Gasteiger partial charge in [0.25, 0.3) is 0 Å². The molecule has 0 unspecified atom stereocenters. The van der Waals surface area contributed by atoms with Crippen molar-refractivity contribution in [2.24, 2.45) is 5.73 Å². The summed E-state index contributed by atoms with van der Waals surface area (Å²) >= 11 is 1.45. The van der Waals surface area contributed by atoms with Gasteiger partial charge in [0.05, 0.1) is 12.8 Å². The second-order valence-electron chi connectivity index (χ2n) is 4.00. The molecule has 1 heterocycles. The summed E-state index contributed by atoms with van der Waals surface area (Å²) in [5.41, 5.74) is 6.63. The monoisotopic (exact) mass is 305 g/mol. The van der Waals surface area contributed by atoms with Crippen LogP contribution in [-0.2, 0) is 4.74 Å². The van der Waals surface area contributed by atoms with Crippen LogP contribution >= 0.6 is 11.8 Å². The van der Waals surface area contributed by atoms with Crippen LogP contribution in [0.25, 0.3) is 11.3 Å².